The highest BCUT2D eigenvalue weighted by atomic mass is 32.2. The van der Waals surface area contributed by atoms with Gasteiger partial charge in [0.15, 0.2) is 28.3 Å². The summed E-state index contributed by atoms with van der Waals surface area (Å²) in [6.45, 7) is 4.88. The zero-order valence-electron chi connectivity index (χ0n) is 23.3. The van der Waals surface area contributed by atoms with Crippen molar-refractivity contribution in [2.75, 3.05) is 56.7 Å². The Morgan fingerprint density at radius 2 is 2.15 bits per heavy atom. The van der Waals surface area contributed by atoms with Gasteiger partial charge in [-0.3, -0.25) is 27.9 Å². The van der Waals surface area contributed by atoms with E-state index in [0.29, 0.717) is 0 Å². The fourth-order valence-corrected chi connectivity index (χ4v) is 7.43. The topological polar surface area (TPSA) is 220 Å². The number of methoxy groups -OCH3 is 1. The molecule has 2 aliphatic heterocycles. The first kappa shape index (κ1) is 32.0. The highest BCUT2D eigenvalue weighted by Gasteiger charge is 2.60. The van der Waals surface area contributed by atoms with Gasteiger partial charge in [-0.2, -0.15) is 9.97 Å². The summed E-state index contributed by atoms with van der Waals surface area (Å²) in [4.78, 5) is 27.2. The van der Waals surface area contributed by atoms with Crippen molar-refractivity contribution in [2.24, 2.45) is 5.41 Å². The van der Waals surface area contributed by atoms with Crippen LogP contribution in [0.4, 0.5) is 11.8 Å². The zero-order chi connectivity index (χ0) is 30.4. The van der Waals surface area contributed by atoms with Crippen LogP contribution in [0.1, 0.15) is 27.0 Å². The minimum absolute atomic E-state index is 0.0613. The number of nitrogen functional groups attached to an aromatic ring is 1. The molecule has 2 fully saturated rings. The number of aromatic nitrogens is 4. The molecule has 4 rings (SSSR count). The summed E-state index contributed by atoms with van der Waals surface area (Å²) < 4.78 is 65.6. The monoisotopic (exact) mass is 639 g/mol. The first-order valence-corrected chi connectivity index (χ1v) is 16.6. The molecule has 2 aromatic heterocycles. The molecule has 0 bridgehead atoms. The minimum Gasteiger partial charge on any atom is -0.384 e. The lowest BCUT2D eigenvalue weighted by atomic mass is 9.96. The van der Waals surface area contributed by atoms with Crippen LogP contribution < -0.4 is 15.6 Å². The number of carbonyl (C=O) groups excluding carboxylic acids is 1. The number of rotatable bonds is 11. The number of nitrogens with one attached hydrogen (secondary N) is 1. The molecule has 0 aliphatic carbocycles. The van der Waals surface area contributed by atoms with Crippen LogP contribution >= 0.6 is 19.6 Å². The van der Waals surface area contributed by atoms with E-state index in [9.17, 15) is 22.9 Å². The van der Waals surface area contributed by atoms with Gasteiger partial charge in [-0.05, 0) is 20.8 Å². The number of ether oxygens (including phenoxy) is 2. The Kier molecular flexibility index (Phi) is 9.08. The Bertz CT molecular complexity index is 1450. The number of thioether (sulfide) groups is 1. The van der Waals surface area contributed by atoms with Gasteiger partial charge in [0.2, 0.25) is 16.0 Å². The lowest BCUT2D eigenvalue weighted by molar-refractivity contribution is -0.120. The van der Waals surface area contributed by atoms with Gasteiger partial charge in [-0.1, -0.05) is 11.8 Å². The van der Waals surface area contributed by atoms with Gasteiger partial charge in [0.25, 0.3) is 0 Å². The smallest absolute Gasteiger partial charge is 0.384 e. The molecule has 17 nitrogen and oxygen atoms in total. The Morgan fingerprint density at radius 1 is 1.44 bits per heavy atom. The fourth-order valence-electron chi connectivity index (χ4n) is 4.46. The normalized spacial score (nSPS) is 28.6. The predicted octanol–water partition coefficient (Wildman–Crippen LogP) is 0.430. The second-order valence-electron chi connectivity index (χ2n) is 10.5. The molecule has 2 aliphatic rings. The Hall–Kier alpha value is -1.93. The van der Waals surface area contributed by atoms with Crippen LogP contribution in [0.3, 0.4) is 0 Å². The van der Waals surface area contributed by atoms with Crippen molar-refractivity contribution < 1.29 is 45.9 Å². The quantitative estimate of drug-likeness (QED) is 0.172. The number of imidazole rings is 1. The number of nitrogens with zero attached hydrogens (tertiary/aromatic N) is 5. The third kappa shape index (κ3) is 6.84. The van der Waals surface area contributed by atoms with Gasteiger partial charge in [0.05, 0.1) is 37.8 Å². The third-order valence-corrected chi connectivity index (χ3v) is 9.51. The van der Waals surface area contributed by atoms with E-state index in [-0.39, 0.29) is 53.6 Å². The van der Waals surface area contributed by atoms with Crippen molar-refractivity contribution in [1.29, 1.82) is 0 Å². The number of hydrogen-bond donors (Lipinski definition) is 3. The van der Waals surface area contributed by atoms with Gasteiger partial charge in [0.1, 0.15) is 17.8 Å². The number of fused-ring (bicyclic) bond motifs is 2. The lowest BCUT2D eigenvalue weighted by Crippen LogP contribution is -2.47. The molecule has 2 unspecified atom stereocenters. The molecule has 5 atom stereocenters. The van der Waals surface area contributed by atoms with Gasteiger partial charge < -0.3 is 20.3 Å². The largest absolute Gasteiger partial charge is 0.475 e. The SMILES string of the molecule is COCC(C)(C)C(=O)SCCOP1(=O)OCC2O[C@@H](n3cnc4c(N(C)NS(C)(=O)=O)nc(N)nc43)[C@](C)(O)[C@@H]2O1. The van der Waals surface area contributed by atoms with Crippen molar-refractivity contribution in [2.45, 2.75) is 44.8 Å². The van der Waals surface area contributed by atoms with Crippen LogP contribution in [0.5, 0.6) is 0 Å². The summed E-state index contributed by atoms with van der Waals surface area (Å²) in [6, 6.07) is 0. The molecule has 4 N–H and O–H groups in total. The molecule has 4 heterocycles. The number of carbonyl (C=O) groups is 1. The molecule has 230 valence electrons. The Labute approximate surface area is 241 Å². The number of phosphoric ester groups is 1. The van der Waals surface area contributed by atoms with Crippen LogP contribution in [-0.4, -0.2) is 102 Å². The van der Waals surface area contributed by atoms with E-state index in [1.54, 1.807) is 13.8 Å². The first-order valence-electron chi connectivity index (χ1n) is 12.3. The summed E-state index contributed by atoms with van der Waals surface area (Å²) >= 11 is 1.01. The highest BCUT2D eigenvalue weighted by molar-refractivity contribution is 8.13. The number of phosphoric acid groups is 1. The average molecular weight is 640 g/mol. The average Bonchev–Trinajstić information content (AvgIpc) is 3.37. The number of hydrazine groups is 1. The van der Waals surface area contributed by atoms with Crippen molar-refractivity contribution in [1.82, 2.24) is 24.4 Å². The molecule has 2 aromatic rings. The number of hydrogen-bond acceptors (Lipinski definition) is 16. The van der Waals surface area contributed by atoms with E-state index in [0.717, 1.165) is 23.0 Å². The minimum atomic E-state index is -4.11. The van der Waals surface area contributed by atoms with Crippen molar-refractivity contribution in [3.05, 3.63) is 6.33 Å². The Balaban J connectivity index is 1.48. The molecular weight excluding hydrogens is 605 g/mol. The maximum atomic E-state index is 13.2. The molecule has 0 aromatic carbocycles. The van der Waals surface area contributed by atoms with E-state index in [1.807, 2.05) is 0 Å². The summed E-state index contributed by atoms with van der Waals surface area (Å²) in [6.07, 6.45) is -0.820. The molecular formula is C21H34N7O10PS2. The summed E-state index contributed by atoms with van der Waals surface area (Å²) in [7, 11) is -4.83. The molecule has 2 saturated heterocycles. The van der Waals surface area contributed by atoms with Gasteiger partial charge >= 0.3 is 7.82 Å². The van der Waals surface area contributed by atoms with Crippen LogP contribution in [-0.2, 0) is 42.4 Å². The van der Waals surface area contributed by atoms with Gasteiger partial charge in [0, 0.05) is 19.9 Å². The molecule has 0 saturated carbocycles. The number of anilines is 2. The molecule has 0 spiro atoms. The summed E-state index contributed by atoms with van der Waals surface area (Å²) in [5.41, 5.74) is 3.71. The number of aliphatic hydroxyl groups is 1. The third-order valence-electron chi connectivity index (χ3n) is 6.27. The maximum absolute atomic E-state index is 13.2. The van der Waals surface area contributed by atoms with E-state index < -0.39 is 47.3 Å². The van der Waals surface area contributed by atoms with Crippen molar-refractivity contribution in [3.63, 3.8) is 0 Å². The van der Waals surface area contributed by atoms with E-state index in [4.69, 9.17) is 28.8 Å². The predicted molar refractivity (Wildman–Crippen MR) is 148 cm³/mol. The maximum Gasteiger partial charge on any atom is 0.475 e. The summed E-state index contributed by atoms with van der Waals surface area (Å²) in [5, 5.41) is 12.5. The van der Waals surface area contributed by atoms with E-state index in [1.165, 1.54) is 32.0 Å². The first-order chi connectivity index (χ1) is 19.0. The molecule has 41 heavy (non-hydrogen) atoms. The number of sulfonamides is 1. The molecule has 0 radical (unpaired) electrons. The van der Waals surface area contributed by atoms with Gasteiger partial charge in [-0.15, -0.1) is 4.83 Å². The Morgan fingerprint density at radius 3 is 2.80 bits per heavy atom. The van der Waals surface area contributed by atoms with Crippen LogP contribution in [0.15, 0.2) is 6.33 Å². The number of nitrogens with two attached hydrogens (primary N) is 1. The fraction of sp³-hybridized carbons (Fsp3) is 0.714. The summed E-state index contributed by atoms with van der Waals surface area (Å²) in [5.74, 6) is 0.0662. The van der Waals surface area contributed by atoms with E-state index in [2.05, 4.69) is 19.8 Å². The van der Waals surface area contributed by atoms with Crippen LogP contribution in [0.2, 0.25) is 0 Å². The second-order valence-corrected chi connectivity index (χ2v) is 14.9. The molecule has 0 amide bonds. The highest BCUT2D eigenvalue weighted by Crippen LogP contribution is 2.58. The molecule has 20 heteroatoms. The zero-order valence-corrected chi connectivity index (χ0v) is 25.9. The van der Waals surface area contributed by atoms with Crippen LogP contribution in [0.25, 0.3) is 11.2 Å². The standard InChI is InChI=1S/C21H34N7O10PS2/c1-20(2,10-34-5)18(29)40-8-7-35-39(31)36-9-12-14(38-39)21(3,30)17(37-12)28-11-23-13-15(24-19(22)25-16(13)28)27(4)26-41(6,32)33/h11-12,14,17,26,30H,7-10H2,1-6H3,(H2,22,24,25)/t12?,14-,17-,21-,39?/m1/s1. The lowest BCUT2D eigenvalue weighted by Gasteiger charge is -2.35. The second kappa shape index (κ2) is 11.6. The van der Waals surface area contributed by atoms with Crippen molar-refractivity contribution in [3.8, 4) is 0 Å². The van der Waals surface area contributed by atoms with Crippen molar-refractivity contribution >= 4 is 57.7 Å². The van der Waals surface area contributed by atoms with Gasteiger partial charge in [-0.25, -0.2) is 18.0 Å². The van der Waals surface area contributed by atoms with E-state index >= 15 is 0 Å². The van der Waals surface area contributed by atoms with Crippen LogP contribution in [0, 0.1) is 5.41 Å².